The van der Waals surface area contributed by atoms with Crippen LogP contribution in [0.3, 0.4) is 0 Å². The van der Waals surface area contributed by atoms with Crippen LogP contribution in [0.4, 0.5) is 0 Å². The van der Waals surface area contributed by atoms with Gasteiger partial charge in [-0.1, -0.05) is 30.3 Å². The van der Waals surface area contributed by atoms with E-state index < -0.39 is 7.26 Å². The van der Waals surface area contributed by atoms with Gasteiger partial charge in [-0.25, -0.2) is 0 Å². The standard InChI is InChI=1S/C9H14P/c1-10(2,3)9-7-5-4-6-8-9/h4-8H,1-3H3. The molecule has 0 unspecified atom stereocenters. The Morgan fingerprint density at radius 2 is 1.40 bits per heavy atom. The number of benzene rings is 1. The minimum absolute atomic E-state index is 0.768. The first-order valence-corrected chi connectivity index (χ1v) is 6.61. The van der Waals surface area contributed by atoms with Crippen molar-refractivity contribution in [1.82, 2.24) is 0 Å². The molecule has 55 valence electrons. The smallest absolute Gasteiger partial charge is 0.0289 e. The molecule has 0 fully saturated rings. The average Bonchev–Trinajstić information content (AvgIpc) is 1.88. The molecule has 1 radical (unpaired) electrons. The van der Waals surface area contributed by atoms with E-state index >= 15 is 0 Å². The third kappa shape index (κ3) is 1.82. The van der Waals surface area contributed by atoms with Crippen LogP contribution in [0.1, 0.15) is 0 Å². The first-order valence-electron chi connectivity index (χ1n) is 3.48. The fourth-order valence-electron chi connectivity index (χ4n) is 0.875. The summed E-state index contributed by atoms with van der Waals surface area (Å²) in [5, 5.41) is 1.51. The fraction of sp³-hybridized carbons (Fsp3) is 0.333. The molecular weight excluding hydrogens is 139 g/mol. The van der Waals surface area contributed by atoms with Gasteiger partial charge in [-0.05, 0) is 25.3 Å². The van der Waals surface area contributed by atoms with Gasteiger partial charge in [0.2, 0.25) is 0 Å². The molecule has 0 aliphatic heterocycles. The maximum absolute atomic E-state index is 2.34. The van der Waals surface area contributed by atoms with Gasteiger partial charge in [0.15, 0.2) is 0 Å². The molecule has 0 saturated heterocycles. The highest BCUT2D eigenvalue weighted by molar-refractivity contribution is 7.80. The molecule has 0 aliphatic carbocycles. The second kappa shape index (κ2) is 2.72. The Bertz CT molecular complexity index is 196. The Hall–Kier alpha value is -0.350. The topological polar surface area (TPSA) is 0 Å². The lowest BCUT2D eigenvalue weighted by Crippen LogP contribution is -2.05. The normalized spacial score (nSPS) is 11.5. The van der Waals surface area contributed by atoms with Crippen molar-refractivity contribution in [2.75, 3.05) is 20.0 Å². The van der Waals surface area contributed by atoms with Crippen molar-refractivity contribution in [3.63, 3.8) is 0 Å². The molecule has 1 aromatic rings. The summed E-state index contributed by atoms with van der Waals surface area (Å²) in [5.74, 6) is 0. The lowest BCUT2D eigenvalue weighted by atomic mass is 10.4. The first kappa shape index (κ1) is 7.75. The van der Waals surface area contributed by atoms with Crippen molar-refractivity contribution in [3.8, 4) is 0 Å². The Morgan fingerprint density at radius 3 is 1.70 bits per heavy atom. The van der Waals surface area contributed by atoms with Crippen molar-refractivity contribution in [3.05, 3.63) is 30.3 Å². The molecule has 1 aromatic carbocycles. The number of hydrogen-bond donors (Lipinski definition) is 0. The number of hydrogen-bond acceptors (Lipinski definition) is 0. The van der Waals surface area contributed by atoms with E-state index in [2.05, 4.69) is 50.3 Å². The zero-order valence-electron chi connectivity index (χ0n) is 6.83. The van der Waals surface area contributed by atoms with Gasteiger partial charge in [-0.15, -0.1) is 7.26 Å². The maximum Gasteiger partial charge on any atom is -0.0289 e. The van der Waals surface area contributed by atoms with Crippen LogP contribution in [0.25, 0.3) is 0 Å². The van der Waals surface area contributed by atoms with E-state index in [4.69, 9.17) is 0 Å². The van der Waals surface area contributed by atoms with E-state index in [1.807, 2.05) is 0 Å². The fourth-order valence-corrected chi connectivity index (χ4v) is 1.94. The van der Waals surface area contributed by atoms with Crippen LogP contribution in [-0.4, -0.2) is 20.0 Å². The van der Waals surface area contributed by atoms with Gasteiger partial charge in [-0.3, -0.25) is 0 Å². The highest BCUT2D eigenvalue weighted by Gasteiger charge is 2.08. The third-order valence-corrected chi connectivity index (χ3v) is 3.38. The second-order valence-electron chi connectivity index (χ2n) is 3.35. The number of rotatable bonds is 1. The summed E-state index contributed by atoms with van der Waals surface area (Å²) >= 11 is 0. The predicted molar refractivity (Wildman–Crippen MR) is 50.8 cm³/mol. The van der Waals surface area contributed by atoms with E-state index in [0.717, 1.165) is 0 Å². The summed E-state index contributed by atoms with van der Waals surface area (Å²) in [7, 11) is -0.768. The molecule has 1 heteroatoms. The van der Waals surface area contributed by atoms with Crippen LogP contribution in [0.15, 0.2) is 30.3 Å². The first-order chi connectivity index (χ1) is 4.61. The molecule has 0 nitrogen and oxygen atoms in total. The maximum atomic E-state index is 2.34. The summed E-state index contributed by atoms with van der Waals surface area (Å²) in [6.45, 7) is 7.01. The second-order valence-corrected chi connectivity index (χ2v) is 7.89. The monoisotopic (exact) mass is 153 g/mol. The summed E-state index contributed by atoms with van der Waals surface area (Å²) in [4.78, 5) is 0. The molecule has 1 rings (SSSR count). The molecule has 0 bridgehead atoms. The molecule has 0 heterocycles. The van der Waals surface area contributed by atoms with Gasteiger partial charge in [0, 0.05) is 0 Å². The van der Waals surface area contributed by atoms with Crippen molar-refractivity contribution in [1.29, 1.82) is 0 Å². The molecule has 0 saturated carbocycles. The molecule has 0 spiro atoms. The van der Waals surface area contributed by atoms with Gasteiger partial charge in [0.25, 0.3) is 0 Å². The van der Waals surface area contributed by atoms with Gasteiger partial charge in [-0.2, -0.15) is 0 Å². The predicted octanol–water partition coefficient (Wildman–Crippen LogP) is 2.22. The molecular formula is C9H14P. The van der Waals surface area contributed by atoms with E-state index in [0.29, 0.717) is 0 Å². The van der Waals surface area contributed by atoms with Crippen molar-refractivity contribution >= 4 is 12.6 Å². The minimum Gasteiger partial charge on any atom is -0.106 e. The van der Waals surface area contributed by atoms with Gasteiger partial charge < -0.3 is 0 Å². The van der Waals surface area contributed by atoms with Crippen LogP contribution < -0.4 is 5.30 Å². The van der Waals surface area contributed by atoms with E-state index in [-0.39, 0.29) is 0 Å². The van der Waals surface area contributed by atoms with Crippen molar-refractivity contribution in [2.45, 2.75) is 0 Å². The van der Waals surface area contributed by atoms with E-state index in [9.17, 15) is 0 Å². The minimum atomic E-state index is -0.768. The zero-order chi connectivity index (χ0) is 7.61. The SMILES string of the molecule is C[P](C)(C)c1ccccc1. The van der Waals surface area contributed by atoms with E-state index in [1.165, 1.54) is 5.30 Å². The van der Waals surface area contributed by atoms with Crippen LogP contribution in [0.2, 0.25) is 0 Å². The summed E-state index contributed by atoms with van der Waals surface area (Å²) in [5.41, 5.74) is 0. The summed E-state index contributed by atoms with van der Waals surface area (Å²) < 4.78 is 0. The van der Waals surface area contributed by atoms with Crippen molar-refractivity contribution in [2.24, 2.45) is 0 Å². The van der Waals surface area contributed by atoms with Crippen molar-refractivity contribution < 1.29 is 0 Å². The van der Waals surface area contributed by atoms with Crippen LogP contribution in [0.5, 0.6) is 0 Å². The van der Waals surface area contributed by atoms with Crippen LogP contribution in [-0.2, 0) is 0 Å². The lowest BCUT2D eigenvalue weighted by molar-refractivity contribution is 1.75. The Kier molecular flexibility index (Phi) is 2.11. The van der Waals surface area contributed by atoms with Gasteiger partial charge >= 0.3 is 0 Å². The van der Waals surface area contributed by atoms with Crippen LogP contribution >= 0.6 is 7.26 Å². The highest BCUT2D eigenvalue weighted by atomic mass is 31.2. The Balaban J connectivity index is 2.97. The molecule has 0 N–H and O–H groups in total. The van der Waals surface area contributed by atoms with E-state index in [1.54, 1.807) is 0 Å². The van der Waals surface area contributed by atoms with Gasteiger partial charge in [0.1, 0.15) is 0 Å². The molecule has 10 heavy (non-hydrogen) atoms. The molecule has 0 atom stereocenters. The highest BCUT2D eigenvalue weighted by Crippen LogP contribution is 2.44. The molecule has 0 aliphatic rings. The largest absolute Gasteiger partial charge is 0.106 e. The lowest BCUT2D eigenvalue weighted by Gasteiger charge is -2.21. The Morgan fingerprint density at radius 1 is 0.900 bits per heavy atom. The summed E-state index contributed by atoms with van der Waals surface area (Å²) in [6, 6.07) is 10.7. The molecule has 0 amide bonds. The Labute approximate surface area is 63.6 Å². The van der Waals surface area contributed by atoms with Crippen LogP contribution in [0, 0.1) is 0 Å². The zero-order valence-corrected chi connectivity index (χ0v) is 7.73. The quantitative estimate of drug-likeness (QED) is 0.543. The summed E-state index contributed by atoms with van der Waals surface area (Å²) in [6.07, 6.45) is 0. The average molecular weight is 153 g/mol. The van der Waals surface area contributed by atoms with Gasteiger partial charge in [0.05, 0.1) is 0 Å². The third-order valence-electron chi connectivity index (χ3n) is 1.53. The molecule has 0 aromatic heterocycles.